The summed E-state index contributed by atoms with van der Waals surface area (Å²) < 4.78 is 0. The Labute approximate surface area is 66.4 Å². The van der Waals surface area contributed by atoms with Crippen molar-refractivity contribution in [1.82, 2.24) is 0 Å². The average molecular weight is 338 g/mol. The van der Waals surface area contributed by atoms with E-state index in [1.807, 2.05) is 0 Å². The molecule has 5 heavy (non-hydrogen) atoms. The molecule has 0 heterocycles. The summed E-state index contributed by atoms with van der Waals surface area (Å²) in [6.45, 7) is 0. The fourth-order valence-electron chi connectivity index (χ4n) is 0. The molecule has 0 radical (unpaired) electrons. The van der Waals surface area contributed by atoms with E-state index < -0.39 is 0 Å². The van der Waals surface area contributed by atoms with Gasteiger partial charge in [-0.2, -0.15) is 0 Å². The quantitative estimate of drug-likeness (QED) is 0.471. The van der Waals surface area contributed by atoms with Gasteiger partial charge >= 0.3 is 36.9 Å². The third-order valence-electron chi connectivity index (χ3n) is 0. The van der Waals surface area contributed by atoms with E-state index in [9.17, 15) is 0 Å². The van der Waals surface area contributed by atoms with Gasteiger partial charge in [0.1, 0.15) is 0 Å². The molecule has 0 atom stereocenters. The minimum Gasteiger partial charge on any atom is -3.00 e. The van der Waals surface area contributed by atoms with Gasteiger partial charge in [-0.25, -0.2) is 0 Å². The van der Waals surface area contributed by atoms with Crippen molar-refractivity contribution in [3.05, 3.63) is 0 Å². The molecule has 0 bridgehead atoms. The predicted molar refractivity (Wildman–Crippen MR) is 20.8 cm³/mol. The van der Waals surface area contributed by atoms with Crippen molar-refractivity contribution in [2.75, 3.05) is 0 Å². The molecule has 0 spiro atoms. The van der Waals surface area contributed by atoms with Crippen molar-refractivity contribution in [1.29, 1.82) is 0 Å². The molecule has 0 aromatic rings. The molecule has 5 heteroatoms. The minimum atomic E-state index is 0. The minimum absolute atomic E-state index is 0. The smallest absolute Gasteiger partial charge is 3.00 e. The van der Waals surface area contributed by atoms with Gasteiger partial charge in [0.15, 0.2) is 0 Å². The summed E-state index contributed by atoms with van der Waals surface area (Å²) in [5.74, 6) is 0. The van der Waals surface area contributed by atoms with Gasteiger partial charge in [-0.05, 0) is 0 Å². The molecule has 0 fully saturated rings. The second-order valence-electron chi connectivity index (χ2n) is 0. The van der Waals surface area contributed by atoms with Crippen LogP contribution in [0, 0.1) is 0 Å². The van der Waals surface area contributed by atoms with Crippen molar-refractivity contribution in [3.8, 4) is 0 Å². The molecular weight excluding hydrogens is 338 g/mol. The van der Waals surface area contributed by atoms with Gasteiger partial charge in [0.2, 0.25) is 0 Å². The second-order valence-corrected chi connectivity index (χ2v) is 0. The standard InChI is InChI=1S/Ni.3P.Re/q+2;3*-3;+7. The molecule has 0 N–H and O–H groups in total. The van der Waals surface area contributed by atoms with E-state index in [2.05, 4.69) is 0 Å². The molecule has 0 nitrogen and oxygen atoms in total. The summed E-state index contributed by atoms with van der Waals surface area (Å²) in [5.41, 5.74) is 0. The van der Waals surface area contributed by atoms with Crippen LogP contribution in [0.4, 0.5) is 0 Å². The number of rotatable bonds is 0. The van der Waals surface area contributed by atoms with E-state index in [0.29, 0.717) is 0 Å². The number of hydrogen-bond donors (Lipinski definition) is 0. The van der Waals surface area contributed by atoms with Crippen LogP contribution in [0.1, 0.15) is 0 Å². The first kappa shape index (κ1) is 51.7. The van der Waals surface area contributed by atoms with Crippen molar-refractivity contribution >= 4 is 29.7 Å². The van der Waals surface area contributed by atoms with Gasteiger partial charge in [-0.3, -0.25) is 0 Å². The Balaban J connectivity index is 0. The number of hydrogen-bond acceptors (Lipinski definition) is 0. The Morgan fingerprint density at radius 2 is 0.600 bits per heavy atom. The third-order valence-corrected chi connectivity index (χ3v) is 0. The SMILES string of the molecule is [Ni+2].[P-3].[P-3].[P-3].[Re+7]. The van der Waals surface area contributed by atoms with Gasteiger partial charge in [0.05, 0.1) is 0 Å². The molecule has 0 unspecified atom stereocenters. The van der Waals surface area contributed by atoms with Crippen molar-refractivity contribution < 1.29 is 36.9 Å². The maximum Gasteiger partial charge on any atom is 7.00 e. The normalized spacial score (nSPS) is 0. The maximum absolute atomic E-state index is 0. The van der Waals surface area contributed by atoms with Crippen LogP contribution in [-0.4, -0.2) is 0 Å². The topological polar surface area (TPSA) is 0 Å². The first-order valence-electron chi connectivity index (χ1n) is 0. The fourth-order valence-corrected chi connectivity index (χ4v) is 0. The molecule has 0 aliphatic heterocycles. The summed E-state index contributed by atoms with van der Waals surface area (Å²) in [6.07, 6.45) is 0. The summed E-state index contributed by atoms with van der Waals surface area (Å²) in [5, 5.41) is 0. The molecule has 0 amide bonds. The van der Waals surface area contributed by atoms with Crippen LogP contribution >= 0.6 is 29.7 Å². The Bertz CT molecular complexity index is 6.85. The summed E-state index contributed by atoms with van der Waals surface area (Å²) in [4.78, 5) is 0. The zero-order valence-electron chi connectivity index (χ0n) is 2.04. The molecule has 0 aromatic heterocycles. The van der Waals surface area contributed by atoms with Crippen molar-refractivity contribution in [3.63, 3.8) is 0 Å². The Hall–Kier alpha value is 2.45. The monoisotopic (exact) mass is 338 g/mol. The Morgan fingerprint density at radius 3 is 0.600 bits per heavy atom. The van der Waals surface area contributed by atoms with Crippen LogP contribution in [0.15, 0.2) is 0 Å². The molecular formula is NiP3Re. The van der Waals surface area contributed by atoms with E-state index in [-0.39, 0.29) is 66.6 Å². The fraction of sp³-hybridized carbons (Fsp3) is 0. The summed E-state index contributed by atoms with van der Waals surface area (Å²) in [7, 11) is 0. The van der Waals surface area contributed by atoms with E-state index in [0.717, 1.165) is 0 Å². The van der Waals surface area contributed by atoms with Crippen LogP contribution in [0.2, 0.25) is 0 Å². The third kappa shape index (κ3) is 21.3. The van der Waals surface area contributed by atoms with Gasteiger partial charge in [0.25, 0.3) is 0 Å². The average Bonchev–Trinajstić information content (AvgIpc) is 0. The molecule has 0 aliphatic rings. The van der Waals surface area contributed by atoms with Gasteiger partial charge < -0.3 is 29.7 Å². The molecule has 32 valence electrons. The van der Waals surface area contributed by atoms with E-state index >= 15 is 0 Å². The second kappa shape index (κ2) is 32.0. The van der Waals surface area contributed by atoms with Crippen LogP contribution in [-0.2, 0) is 36.9 Å². The predicted octanol–water partition coefficient (Wildman–Crippen LogP) is 2.58. The van der Waals surface area contributed by atoms with E-state index in [4.69, 9.17) is 0 Å². The van der Waals surface area contributed by atoms with Gasteiger partial charge in [0, 0.05) is 0 Å². The molecule has 0 rings (SSSR count). The van der Waals surface area contributed by atoms with Crippen LogP contribution < -0.4 is 0 Å². The first-order chi connectivity index (χ1) is 0. The summed E-state index contributed by atoms with van der Waals surface area (Å²) in [6, 6.07) is 0. The van der Waals surface area contributed by atoms with Crippen molar-refractivity contribution in [2.24, 2.45) is 0 Å². The molecule has 0 saturated carbocycles. The molecule has 0 saturated heterocycles. The maximum atomic E-state index is 0. The van der Waals surface area contributed by atoms with Gasteiger partial charge in [-0.1, -0.05) is 0 Å². The zero-order valence-corrected chi connectivity index (χ0v) is 8.42. The van der Waals surface area contributed by atoms with Crippen LogP contribution in [0.3, 0.4) is 0 Å². The van der Waals surface area contributed by atoms with Crippen LogP contribution in [0.5, 0.6) is 0 Å². The van der Waals surface area contributed by atoms with Gasteiger partial charge in [-0.15, -0.1) is 0 Å². The molecule has 0 aromatic carbocycles. The van der Waals surface area contributed by atoms with Crippen LogP contribution in [0.25, 0.3) is 0 Å². The van der Waals surface area contributed by atoms with E-state index in [1.54, 1.807) is 0 Å². The summed E-state index contributed by atoms with van der Waals surface area (Å²) >= 11 is 0. The zero-order chi connectivity index (χ0) is 0. The first-order valence-corrected chi connectivity index (χ1v) is 0. The Morgan fingerprint density at radius 1 is 0.600 bits per heavy atom. The van der Waals surface area contributed by atoms with E-state index in [1.165, 1.54) is 0 Å². The molecule has 0 aliphatic carbocycles. The largest absolute Gasteiger partial charge is 7.00 e. The van der Waals surface area contributed by atoms with Crippen molar-refractivity contribution in [2.45, 2.75) is 0 Å². The Kier molecular flexibility index (Phi) is 331.